The van der Waals surface area contributed by atoms with E-state index in [-0.39, 0.29) is 24.2 Å². The summed E-state index contributed by atoms with van der Waals surface area (Å²) in [5, 5.41) is 5.32. The molecule has 0 aliphatic heterocycles. The van der Waals surface area contributed by atoms with Gasteiger partial charge in [0, 0.05) is 10.5 Å². The molecule has 0 heterocycles. The van der Waals surface area contributed by atoms with E-state index in [4.69, 9.17) is 0 Å². The molecule has 0 saturated carbocycles. The first-order valence-corrected chi connectivity index (χ1v) is 8.47. The molecule has 0 fully saturated rings. The number of benzene rings is 2. The van der Waals surface area contributed by atoms with Crippen LogP contribution in [0.15, 0.2) is 40.9 Å². The number of nitrogens with one attached hydrogen (secondary N) is 2. The summed E-state index contributed by atoms with van der Waals surface area (Å²) in [5.41, 5.74) is 0.320. The quantitative estimate of drug-likeness (QED) is 0.689. The van der Waals surface area contributed by atoms with Crippen molar-refractivity contribution in [3.63, 3.8) is 0 Å². The van der Waals surface area contributed by atoms with E-state index in [1.54, 1.807) is 0 Å². The summed E-state index contributed by atoms with van der Waals surface area (Å²) in [7, 11) is 1.09. The fraction of sp³-hybridized carbons (Fsp3) is 0.222. The molecule has 138 valence electrons. The number of methoxy groups -OCH3 is 1. The normalized spacial score (nSPS) is 11.6. The molecule has 2 rings (SSSR count). The van der Waals surface area contributed by atoms with Crippen LogP contribution in [-0.2, 0) is 9.53 Å². The van der Waals surface area contributed by atoms with E-state index in [2.05, 4.69) is 31.3 Å². The molecule has 26 heavy (non-hydrogen) atoms. The van der Waals surface area contributed by atoms with Crippen LogP contribution in [0.3, 0.4) is 0 Å². The Labute approximate surface area is 157 Å². The molecule has 0 aliphatic rings. The molecule has 0 spiro atoms. The predicted molar refractivity (Wildman–Crippen MR) is 96.9 cm³/mol. The molecule has 1 amide bonds. The van der Waals surface area contributed by atoms with Crippen LogP contribution < -0.4 is 10.6 Å². The zero-order valence-electron chi connectivity index (χ0n) is 14.1. The monoisotopic (exact) mass is 426 g/mol. The van der Waals surface area contributed by atoms with Gasteiger partial charge in [0.2, 0.25) is 5.91 Å². The average Bonchev–Trinajstić information content (AvgIpc) is 2.60. The number of rotatable bonds is 6. The Bertz CT molecular complexity index is 813. The maximum absolute atomic E-state index is 13.8. The minimum atomic E-state index is -1.03. The molecule has 2 aromatic carbocycles. The lowest BCUT2D eigenvalue weighted by molar-refractivity contribution is -0.120. The van der Waals surface area contributed by atoms with Crippen molar-refractivity contribution in [1.82, 2.24) is 5.32 Å². The van der Waals surface area contributed by atoms with Crippen molar-refractivity contribution >= 4 is 33.5 Å². The van der Waals surface area contributed by atoms with E-state index in [0.29, 0.717) is 6.07 Å². The Morgan fingerprint density at radius 1 is 1.15 bits per heavy atom. The van der Waals surface area contributed by atoms with E-state index in [9.17, 15) is 18.4 Å². The summed E-state index contributed by atoms with van der Waals surface area (Å²) in [5.74, 6) is -3.26. The van der Waals surface area contributed by atoms with Crippen LogP contribution in [0.4, 0.5) is 14.5 Å². The van der Waals surface area contributed by atoms with Crippen molar-refractivity contribution in [3.8, 4) is 0 Å². The first-order chi connectivity index (χ1) is 12.3. The molecule has 0 aliphatic carbocycles. The van der Waals surface area contributed by atoms with Crippen molar-refractivity contribution in [2.45, 2.75) is 13.0 Å². The molecular weight excluding hydrogens is 410 g/mol. The van der Waals surface area contributed by atoms with E-state index in [1.165, 1.54) is 0 Å². The second-order valence-electron chi connectivity index (χ2n) is 5.50. The third kappa shape index (κ3) is 5.01. The Balaban J connectivity index is 2.00. The molecule has 0 aromatic heterocycles. The smallest absolute Gasteiger partial charge is 0.340 e. The highest BCUT2D eigenvalue weighted by Crippen LogP contribution is 2.20. The van der Waals surface area contributed by atoms with E-state index >= 15 is 0 Å². The van der Waals surface area contributed by atoms with Crippen LogP contribution in [-0.4, -0.2) is 25.5 Å². The topological polar surface area (TPSA) is 67.4 Å². The highest BCUT2D eigenvalue weighted by molar-refractivity contribution is 9.10. The second-order valence-corrected chi connectivity index (χ2v) is 6.41. The average molecular weight is 427 g/mol. The van der Waals surface area contributed by atoms with E-state index in [1.807, 2.05) is 31.2 Å². The first-order valence-electron chi connectivity index (χ1n) is 7.68. The predicted octanol–water partition coefficient (Wildman–Crippen LogP) is 3.80. The maximum Gasteiger partial charge on any atom is 0.340 e. The number of halogens is 3. The summed E-state index contributed by atoms with van der Waals surface area (Å²) in [6, 6.07) is 8.74. The van der Waals surface area contributed by atoms with Crippen molar-refractivity contribution in [2.24, 2.45) is 0 Å². The third-order valence-corrected chi connectivity index (χ3v) is 4.18. The van der Waals surface area contributed by atoms with Gasteiger partial charge in [-0.25, -0.2) is 13.6 Å². The molecule has 1 atom stereocenters. The van der Waals surface area contributed by atoms with Crippen molar-refractivity contribution in [3.05, 3.63) is 63.6 Å². The zero-order valence-corrected chi connectivity index (χ0v) is 15.7. The highest BCUT2D eigenvalue weighted by Gasteiger charge is 2.17. The van der Waals surface area contributed by atoms with Gasteiger partial charge in [0.05, 0.1) is 30.9 Å². The number of carbonyl (C=O) groups excluding carboxylic acids is 2. The van der Waals surface area contributed by atoms with Gasteiger partial charge in [-0.2, -0.15) is 0 Å². The van der Waals surface area contributed by atoms with Gasteiger partial charge in [-0.1, -0.05) is 28.1 Å². The number of amides is 1. The van der Waals surface area contributed by atoms with Crippen molar-refractivity contribution in [1.29, 1.82) is 0 Å². The second kappa shape index (κ2) is 8.75. The minimum absolute atomic E-state index is 0.168. The van der Waals surface area contributed by atoms with Gasteiger partial charge in [-0.3, -0.25) is 4.79 Å². The number of carbonyl (C=O) groups is 2. The Kier molecular flexibility index (Phi) is 6.68. The SMILES string of the molecule is COC(=O)c1cc(NCC(=O)N[C@@H](C)c2ccc(Br)cc2)c(F)cc1F. The van der Waals surface area contributed by atoms with Crippen LogP contribution in [0.5, 0.6) is 0 Å². The minimum Gasteiger partial charge on any atom is -0.465 e. The molecule has 5 nitrogen and oxygen atoms in total. The van der Waals surface area contributed by atoms with Crippen LogP contribution in [0.2, 0.25) is 0 Å². The zero-order chi connectivity index (χ0) is 19.3. The summed E-state index contributed by atoms with van der Waals surface area (Å²) in [6.07, 6.45) is 0. The summed E-state index contributed by atoms with van der Waals surface area (Å²) < 4.78 is 32.8. The molecule has 0 radical (unpaired) electrons. The van der Waals surface area contributed by atoms with Gasteiger partial charge >= 0.3 is 5.97 Å². The first kappa shape index (κ1) is 19.8. The van der Waals surface area contributed by atoms with Crippen molar-refractivity contribution < 1.29 is 23.1 Å². The Morgan fingerprint density at radius 2 is 1.81 bits per heavy atom. The lowest BCUT2D eigenvalue weighted by Crippen LogP contribution is -2.32. The van der Waals surface area contributed by atoms with Crippen LogP contribution in [0.25, 0.3) is 0 Å². The van der Waals surface area contributed by atoms with E-state index < -0.39 is 23.2 Å². The standard InChI is InChI=1S/C18H17BrF2N2O3/c1-10(11-3-5-12(19)6-4-11)23-17(24)9-22-16-7-13(18(25)26-2)14(20)8-15(16)21/h3-8,10,22H,9H2,1-2H3,(H,23,24)/t10-/m0/s1. The van der Waals surface area contributed by atoms with E-state index in [0.717, 1.165) is 23.2 Å². The number of esters is 1. The lowest BCUT2D eigenvalue weighted by Gasteiger charge is -2.15. The number of anilines is 1. The number of hydrogen-bond acceptors (Lipinski definition) is 4. The van der Waals surface area contributed by atoms with Crippen molar-refractivity contribution in [2.75, 3.05) is 19.0 Å². The van der Waals surface area contributed by atoms with Crippen LogP contribution >= 0.6 is 15.9 Å². The lowest BCUT2D eigenvalue weighted by atomic mass is 10.1. The summed E-state index contributed by atoms with van der Waals surface area (Å²) >= 11 is 3.34. The molecule has 0 unspecified atom stereocenters. The molecular formula is C18H17BrF2N2O3. The van der Waals surface area contributed by atoms with Gasteiger partial charge in [-0.05, 0) is 30.7 Å². The fourth-order valence-corrected chi connectivity index (χ4v) is 2.52. The molecule has 2 N–H and O–H groups in total. The highest BCUT2D eigenvalue weighted by atomic mass is 79.9. The third-order valence-electron chi connectivity index (χ3n) is 3.65. The number of hydrogen-bond donors (Lipinski definition) is 2. The molecule has 8 heteroatoms. The largest absolute Gasteiger partial charge is 0.465 e. The molecule has 0 bridgehead atoms. The summed E-state index contributed by atoms with van der Waals surface area (Å²) in [4.78, 5) is 23.5. The summed E-state index contributed by atoms with van der Waals surface area (Å²) in [6.45, 7) is 1.57. The fourth-order valence-electron chi connectivity index (χ4n) is 2.25. The van der Waals surface area contributed by atoms with Gasteiger partial charge in [0.25, 0.3) is 0 Å². The van der Waals surface area contributed by atoms with Crippen LogP contribution in [0, 0.1) is 11.6 Å². The van der Waals surface area contributed by atoms with Crippen LogP contribution in [0.1, 0.15) is 28.9 Å². The molecule has 2 aromatic rings. The van der Waals surface area contributed by atoms with Gasteiger partial charge in [0.1, 0.15) is 11.6 Å². The Morgan fingerprint density at radius 3 is 2.42 bits per heavy atom. The maximum atomic E-state index is 13.8. The van der Waals surface area contributed by atoms with Gasteiger partial charge in [-0.15, -0.1) is 0 Å². The molecule has 0 saturated heterocycles. The number of ether oxygens (including phenoxy) is 1. The van der Waals surface area contributed by atoms with Gasteiger partial charge in [0.15, 0.2) is 0 Å². The van der Waals surface area contributed by atoms with Gasteiger partial charge < -0.3 is 15.4 Å². The Hall–Kier alpha value is -2.48.